The van der Waals surface area contributed by atoms with Crippen molar-refractivity contribution in [1.29, 1.82) is 0 Å². The van der Waals surface area contributed by atoms with Gasteiger partial charge in [-0.3, -0.25) is 14.6 Å². The molecule has 0 saturated heterocycles. The summed E-state index contributed by atoms with van der Waals surface area (Å²) in [5.74, 6) is -0.264. The molecule has 15 heavy (non-hydrogen) atoms. The number of hydrogen-bond donors (Lipinski definition) is 0. The minimum Gasteiger partial charge on any atom is -0.292 e. The molecule has 0 aliphatic carbocycles. The number of carbonyl (C=O) groups is 2. The predicted molar refractivity (Wildman–Crippen MR) is 60.1 cm³/mol. The molecule has 0 amide bonds. The summed E-state index contributed by atoms with van der Waals surface area (Å²) in [4.78, 5) is 28.1. The van der Waals surface area contributed by atoms with Crippen molar-refractivity contribution >= 4 is 17.3 Å². The minimum absolute atomic E-state index is 0.105. The number of ketones is 2. The molecule has 0 fully saturated rings. The molecule has 1 aliphatic heterocycles. The zero-order valence-corrected chi connectivity index (χ0v) is 10.3. The lowest BCUT2D eigenvalue weighted by Crippen LogP contribution is -2.37. The van der Waals surface area contributed by atoms with E-state index in [1.165, 1.54) is 0 Å². The van der Waals surface area contributed by atoms with Gasteiger partial charge < -0.3 is 0 Å². The summed E-state index contributed by atoms with van der Waals surface area (Å²) in [6, 6.07) is -0.105. The Morgan fingerprint density at radius 3 is 2.07 bits per heavy atom. The van der Waals surface area contributed by atoms with Crippen LogP contribution in [0.25, 0.3) is 0 Å². The van der Waals surface area contributed by atoms with Crippen molar-refractivity contribution < 1.29 is 9.59 Å². The van der Waals surface area contributed by atoms with Crippen molar-refractivity contribution in [3.63, 3.8) is 0 Å². The number of nitrogens with zero attached hydrogens (tertiary/aromatic N) is 1. The smallest absolute Gasteiger partial charge is 0.192 e. The fraction of sp³-hybridized carbons (Fsp3) is 0.750. The van der Waals surface area contributed by atoms with Crippen LogP contribution in [0.2, 0.25) is 0 Å². The highest BCUT2D eigenvalue weighted by Gasteiger charge is 2.46. The van der Waals surface area contributed by atoms with E-state index < -0.39 is 10.8 Å². The molecule has 0 spiro atoms. The average molecular weight is 209 g/mol. The van der Waals surface area contributed by atoms with Crippen LogP contribution in [0.3, 0.4) is 0 Å². The van der Waals surface area contributed by atoms with E-state index in [9.17, 15) is 9.59 Å². The quantitative estimate of drug-likeness (QED) is 0.663. The summed E-state index contributed by atoms with van der Waals surface area (Å²) in [7, 11) is 0. The Bertz CT molecular complexity index is 345. The second kappa shape index (κ2) is 3.26. The SMILES string of the molecule is CC1N=C(C(=O)C(C)(C)C)C(=O)C1(C)C. The largest absolute Gasteiger partial charge is 0.292 e. The normalized spacial score (nSPS) is 25.3. The van der Waals surface area contributed by atoms with Crippen LogP contribution in [0.1, 0.15) is 41.5 Å². The third-order valence-electron chi connectivity index (χ3n) is 3.06. The molecule has 0 aromatic carbocycles. The van der Waals surface area contributed by atoms with E-state index >= 15 is 0 Å². The van der Waals surface area contributed by atoms with Crippen LogP contribution in [0.4, 0.5) is 0 Å². The van der Waals surface area contributed by atoms with Crippen LogP contribution >= 0.6 is 0 Å². The minimum atomic E-state index is -0.533. The van der Waals surface area contributed by atoms with Gasteiger partial charge in [0.25, 0.3) is 0 Å². The first kappa shape index (κ1) is 12.1. The second-order valence-electron chi connectivity index (χ2n) is 5.78. The molecule has 0 aromatic rings. The van der Waals surface area contributed by atoms with Crippen molar-refractivity contribution in [3.05, 3.63) is 0 Å². The Morgan fingerprint density at radius 1 is 1.33 bits per heavy atom. The molecule has 1 aliphatic rings. The Kier molecular flexibility index (Phi) is 2.62. The van der Waals surface area contributed by atoms with Gasteiger partial charge in [-0.1, -0.05) is 34.6 Å². The van der Waals surface area contributed by atoms with Gasteiger partial charge in [0.15, 0.2) is 11.6 Å². The van der Waals surface area contributed by atoms with E-state index in [0.717, 1.165) is 0 Å². The van der Waals surface area contributed by atoms with Gasteiger partial charge >= 0.3 is 0 Å². The van der Waals surface area contributed by atoms with Gasteiger partial charge in [-0.2, -0.15) is 0 Å². The standard InChI is InChI=1S/C12H19NO2/c1-7-12(5,6)10(15)8(13-7)9(14)11(2,3)4/h7H,1-6H3. The van der Waals surface area contributed by atoms with Gasteiger partial charge in [-0.05, 0) is 6.92 Å². The molecular weight excluding hydrogens is 190 g/mol. The molecule has 1 unspecified atom stereocenters. The van der Waals surface area contributed by atoms with Crippen LogP contribution in [0, 0.1) is 10.8 Å². The highest BCUT2D eigenvalue weighted by atomic mass is 16.2. The number of carbonyl (C=O) groups excluding carboxylic acids is 2. The fourth-order valence-electron chi connectivity index (χ4n) is 1.43. The van der Waals surface area contributed by atoms with Crippen LogP contribution in [0.5, 0.6) is 0 Å². The molecule has 0 aromatic heterocycles. The van der Waals surface area contributed by atoms with Crippen molar-refractivity contribution in [2.45, 2.75) is 47.6 Å². The molecular formula is C12H19NO2. The molecule has 84 valence electrons. The average Bonchev–Trinajstić information content (AvgIpc) is 2.26. The van der Waals surface area contributed by atoms with Crippen molar-refractivity contribution in [1.82, 2.24) is 0 Å². The number of aliphatic imine (C=N–C) groups is 1. The number of hydrogen-bond acceptors (Lipinski definition) is 3. The van der Waals surface area contributed by atoms with E-state index in [1.807, 2.05) is 20.8 Å². The maximum absolute atomic E-state index is 12.0. The highest BCUT2D eigenvalue weighted by Crippen LogP contribution is 2.33. The predicted octanol–water partition coefficient (Wildman–Crippen LogP) is 2.04. The maximum atomic E-state index is 12.0. The summed E-state index contributed by atoms with van der Waals surface area (Å²) in [5, 5.41) is 0. The van der Waals surface area contributed by atoms with Crippen LogP contribution < -0.4 is 0 Å². The molecule has 3 heteroatoms. The van der Waals surface area contributed by atoms with Crippen molar-refractivity contribution in [3.8, 4) is 0 Å². The first-order chi connectivity index (χ1) is 6.58. The molecule has 3 nitrogen and oxygen atoms in total. The van der Waals surface area contributed by atoms with Gasteiger partial charge in [-0.25, -0.2) is 0 Å². The van der Waals surface area contributed by atoms with E-state index in [0.29, 0.717) is 0 Å². The summed E-state index contributed by atoms with van der Waals surface area (Å²) in [5.41, 5.74) is -0.912. The van der Waals surface area contributed by atoms with Crippen LogP contribution in [0.15, 0.2) is 4.99 Å². The maximum Gasteiger partial charge on any atom is 0.192 e. The summed E-state index contributed by atoms with van der Waals surface area (Å²) >= 11 is 0. The van der Waals surface area contributed by atoms with Gasteiger partial charge in [0, 0.05) is 5.41 Å². The first-order valence-electron chi connectivity index (χ1n) is 5.26. The molecule has 0 radical (unpaired) electrons. The highest BCUT2D eigenvalue weighted by molar-refractivity contribution is 6.68. The molecule has 0 saturated carbocycles. The van der Waals surface area contributed by atoms with Gasteiger partial charge in [0.1, 0.15) is 5.71 Å². The first-order valence-corrected chi connectivity index (χ1v) is 5.26. The lowest BCUT2D eigenvalue weighted by molar-refractivity contribution is -0.123. The summed E-state index contributed by atoms with van der Waals surface area (Å²) < 4.78 is 0. The topological polar surface area (TPSA) is 46.5 Å². The number of Topliss-reactive ketones (excluding diaryl/α,β-unsaturated/α-hetero) is 2. The van der Waals surface area contributed by atoms with E-state index in [1.54, 1.807) is 20.8 Å². The number of rotatable bonds is 1. The van der Waals surface area contributed by atoms with E-state index in [4.69, 9.17) is 0 Å². The molecule has 1 heterocycles. The van der Waals surface area contributed by atoms with Gasteiger partial charge in [0.05, 0.1) is 11.5 Å². The van der Waals surface area contributed by atoms with Crippen molar-refractivity contribution in [2.24, 2.45) is 15.8 Å². The summed E-state index contributed by atoms with van der Waals surface area (Å²) in [6.45, 7) is 11.0. The van der Waals surface area contributed by atoms with Crippen molar-refractivity contribution in [2.75, 3.05) is 0 Å². The zero-order valence-electron chi connectivity index (χ0n) is 10.3. The molecule has 0 bridgehead atoms. The van der Waals surface area contributed by atoms with Crippen LogP contribution in [-0.4, -0.2) is 23.3 Å². The molecule has 1 atom stereocenters. The van der Waals surface area contributed by atoms with E-state index in [2.05, 4.69) is 4.99 Å². The van der Waals surface area contributed by atoms with Gasteiger partial charge in [-0.15, -0.1) is 0 Å². The summed E-state index contributed by atoms with van der Waals surface area (Å²) in [6.07, 6.45) is 0. The Labute approximate surface area is 91.0 Å². The van der Waals surface area contributed by atoms with Crippen LogP contribution in [-0.2, 0) is 9.59 Å². The fourth-order valence-corrected chi connectivity index (χ4v) is 1.43. The Balaban J connectivity index is 3.07. The molecule has 0 N–H and O–H groups in total. The lowest BCUT2D eigenvalue weighted by atomic mass is 9.79. The lowest BCUT2D eigenvalue weighted by Gasteiger charge is -2.20. The second-order valence-corrected chi connectivity index (χ2v) is 5.78. The third kappa shape index (κ3) is 1.87. The van der Waals surface area contributed by atoms with E-state index in [-0.39, 0.29) is 23.3 Å². The van der Waals surface area contributed by atoms with Gasteiger partial charge in [0.2, 0.25) is 0 Å². The third-order valence-corrected chi connectivity index (χ3v) is 3.06. The molecule has 1 rings (SSSR count). The monoisotopic (exact) mass is 209 g/mol. The Morgan fingerprint density at radius 2 is 1.80 bits per heavy atom. The Hall–Kier alpha value is -0.990. The zero-order chi connectivity index (χ0) is 12.0.